The number of benzene rings is 2. The van der Waals surface area contributed by atoms with E-state index in [1.165, 1.54) is 5.69 Å². The van der Waals surface area contributed by atoms with Crippen molar-refractivity contribution in [3.05, 3.63) is 71.3 Å². The first kappa shape index (κ1) is 20.9. The zero-order valence-corrected chi connectivity index (χ0v) is 17.1. The number of hydrogen-bond donors (Lipinski definition) is 0. The Morgan fingerprint density at radius 3 is 2.15 bits per heavy atom. The Morgan fingerprint density at radius 2 is 1.52 bits per heavy atom. The lowest BCUT2D eigenvalue weighted by Crippen LogP contribution is -2.28. The summed E-state index contributed by atoms with van der Waals surface area (Å²) in [4.78, 5) is 19.1. The molecule has 0 N–H and O–H groups in total. The summed E-state index contributed by atoms with van der Waals surface area (Å²) in [7, 11) is 10.3. The Balaban J connectivity index is 2.04. The normalized spacial score (nSPS) is 11.5. The van der Waals surface area contributed by atoms with E-state index in [1.54, 1.807) is 6.08 Å². The Morgan fingerprint density at radius 1 is 0.852 bits per heavy atom. The zero-order chi connectivity index (χ0) is 19.8. The fraction of sp³-hybridized carbons (Fsp3) is 0.348. The van der Waals surface area contributed by atoms with E-state index in [0.29, 0.717) is 0 Å². The average Bonchev–Trinajstić information content (AvgIpc) is 2.64. The maximum absolute atomic E-state index is 12.6. The Labute approximate surface area is 163 Å². The van der Waals surface area contributed by atoms with Crippen LogP contribution in [-0.2, 0) is 6.54 Å². The number of allylic oxidation sites excluding steroid dienone is 1. The molecule has 0 unspecified atom stereocenters. The van der Waals surface area contributed by atoms with Crippen molar-refractivity contribution in [2.45, 2.75) is 6.54 Å². The second kappa shape index (κ2) is 10.0. The number of carbonyl (C=O) groups is 1. The molecule has 0 spiro atoms. The number of ketones is 1. The molecule has 144 valence electrons. The number of nitrogens with zero attached hydrogens (tertiary/aromatic N) is 3. The molecule has 0 heterocycles. The van der Waals surface area contributed by atoms with Crippen molar-refractivity contribution in [2.75, 3.05) is 53.2 Å². The first-order valence-electron chi connectivity index (χ1n) is 9.28. The summed E-state index contributed by atoms with van der Waals surface area (Å²) in [5, 5.41) is 0. The van der Waals surface area contributed by atoms with Gasteiger partial charge in [-0.1, -0.05) is 42.5 Å². The van der Waals surface area contributed by atoms with E-state index >= 15 is 0 Å². The third kappa shape index (κ3) is 6.66. The van der Waals surface area contributed by atoms with E-state index in [0.717, 1.165) is 36.3 Å². The highest BCUT2D eigenvalue weighted by Crippen LogP contribution is 2.16. The molecule has 0 aliphatic heterocycles. The summed E-state index contributed by atoms with van der Waals surface area (Å²) < 4.78 is 0. The molecule has 0 fully saturated rings. The maximum atomic E-state index is 12.6. The lowest BCUT2D eigenvalue weighted by atomic mass is 10.0. The largest absolute Gasteiger partial charge is 0.373 e. The van der Waals surface area contributed by atoms with Crippen molar-refractivity contribution in [3.8, 4) is 0 Å². The van der Waals surface area contributed by atoms with Gasteiger partial charge in [-0.15, -0.1) is 0 Å². The first-order chi connectivity index (χ1) is 12.9. The first-order valence-corrected chi connectivity index (χ1v) is 9.28. The van der Waals surface area contributed by atoms with Gasteiger partial charge in [-0.25, -0.2) is 0 Å². The van der Waals surface area contributed by atoms with Crippen LogP contribution in [0.2, 0.25) is 0 Å². The Hall–Kier alpha value is -2.43. The molecule has 0 bridgehead atoms. The fourth-order valence-corrected chi connectivity index (χ4v) is 2.82. The molecule has 4 heteroatoms. The van der Waals surface area contributed by atoms with Gasteiger partial charge in [-0.2, -0.15) is 0 Å². The van der Waals surface area contributed by atoms with E-state index in [4.69, 9.17) is 0 Å². The molecule has 0 saturated heterocycles. The molecule has 27 heavy (non-hydrogen) atoms. The number of rotatable bonds is 9. The van der Waals surface area contributed by atoms with E-state index in [1.807, 2.05) is 44.4 Å². The van der Waals surface area contributed by atoms with Gasteiger partial charge in [0.15, 0.2) is 5.78 Å². The van der Waals surface area contributed by atoms with Crippen LogP contribution in [0.3, 0.4) is 0 Å². The Bertz CT molecular complexity index is 763. The van der Waals surface area contributed by atoms with Gasteiger partial charge in [-0.3, -0.25) is 4.79 Å². The summed E-state index contributed by atoms with van der Waals surface area (Å²) >= 11 is 0. The molecule has 2 aromatic rings. The van der Waals surface area contributed by atoms with Crippen LogP contribution in [0, 0.1) is 0 Å². The second-order valence-corrected chi connectivity index (χ2v) is 7.41. The van der Waals surface area contributed by atoms with Crippen molar-refractivity contribution in [2.24, 2.45) is 0 Å². The molecule has 4 nitrogen and oxygen atoms in total. The molecule has 0 atom stereocenters. The molecular formula is C23H31N3O. The molecule has 0 aliphatic carbocycles. The molecule has 0 saturated carbocycles. The topological polar surface area (TPSA) is 26.8 Å². The van der Waals surface area contributed by atoms with Crippen LogP contribution >= 0.6 is 0 Å². The van der Waals surface area contributed by atoms with Crippen LogP contribution in [-0.4, -0.2) is 63.9 Å². The zero-order valence-electron chi connectivity index (χ0n) is 17.1. The van der Waals surface area contributed by atoms with Gasteiger partial charge in [0.2, 0.25) is 0 Å². The average molecular weight is 366 g/mol. The highest BCUT2D eigenvalue weighted by Gasteiger charge is 2.08. The number of anilines is 1. The highest BCUT2D eigenvalue weighted by molar-refractivity contribution is 6.07. The summed E-state index contributed by atoms with van der Waals surface area (Å²) in [5.41, 5.74) is 4.02. The molecule has 0 radical (unpaired) electrons. The summed E-state index contributed by atoms with van der Waals surface area (Å²) in [6.07, 6.45) is 3.55. The van der Waals surface area contributed by atoms with Crippen LogP contribution in [0.4, 0.5) is 5.69 Å². The van der Waals surface area contributed by atoms with Gasteiger partial charge >= 0.3 is 0 Å². The monoisotopic (exact) mass is 365 g/mol. The summed E-state index contributed by atoms with van der Waals surface area (Å²) in [6.45, 7) is 2.74. The molecule has 2 rings (SSSR count). The lowest BCUT2D eigenvalue weighted by Gasteiger charge is -2.21. The standard InChI is InChI=1S/C23H31N3O/c1-24(2)16-17-26(5)21-13-10-19(11-14-21)12-15-23(27)22-9-7-6-8-20(22)18-25(3)4/h6-15H,16-18H2,1-5H3/b15-12+. The molecule has 0 aliphatic rings. The SMILES string of the molecule is CN(C)CCN(C)c1ccc(/C=C/C(=O)c2ccccc2CN(C)C)cc1. The fourth-order valence-electron chi connectivity index (χ4n) is 2.82. The van der Waals surface area contributed by atoms with E-state index in [9.17, 15) is 4.79 Å². The van der Waals surface area contributed by atoms with Gasteiger partial charge in [0.25, 0.3) is 0 Å². The van der Waals surface area contributed by atoms with Gasteiger partial charge < -0.3 is 14.7 Å². The van der Waals surface area contributed by atoms with Gasteiger partial charge in [0, 0.05) is 37.9 Å². The lowest BCUT2D eigenvalue weighted by molar-refractivity contribution is 0.104. The van der Waals surface area contributed by atoms with Crippen LogP contribution < -0.4 is 4.90 Å². The van der Waals surface area contributed by atoms with Crippen LogP contribution in [0.5, 0.6) is 0 Å². The van der Waals surface area contributed by atoms with E-state index < -0.39 is 0 Å². The van der Waals surface area contributed by atoms with Gasteiger partial charge in [0.05, 0.1) is 0 Å². The second-order valence-electron chi connectivity index (χ2n) is 7.41. The highest BCUT2D eigenvalue weighted by atomic mass is 16.1. The minimum Gasteiger partial charge on any atom is -0.373 e. The Kier molecular flexibility index (Phi) is 7.77. The summed E-state index contributed by atoms with van der Waals surface area (Å²) in [6, 6.07) is 16.1. The van der Waals surface area contributed by atoms with Crippen LogP contribution in [0.25, 0.3) is 6.08 Å². The van der Waals surface area contributed by atoms with E-state index in [2.05, 4.69) is 60.1 Å². The minimum atomic E-state index is 0.0413. The van der Waals surface area contributed by atoms with Gasteiger partial charge in [0.1, 0.15) is 0 Å². The number of likely N-dealkylation sites (N-methyl/N-ethyl adjacent to an activating group) is 2. The third-order valence-corrected chi connectivity index (χ3v) is 4.41. The molecule has 2 aromatic carbocycles. The minimum absolute atomic E-state index is 0.0413. The smallest absolute Gasteiger partial charge is 0.186 e. The van der Waals surface area contributed by atoms with Crippen molar-refractivity contribution in [3.63, 3.8) is 0 Å². The maximum Gasteiger partial charge on any atom is 0.186 e. The third-order valence-electron chi connectivity index (χ3n) is 4.41. The predicted molar refractivity (Wildman–Crippen MR) is 115 cm³/mol. The van der Waals surface area contributed by atoms with Crippen molar-refractivity contribution in [1.29, 1.82) is 0 Å². The number of carbonyl (C=O) groups excluding carboxylic acids is 1. The van der Waals surface area contributed by atoms with Crippen LogP contribution in [0.15, 0.2) is 54.6 Å². The molecule has 0 amide bonds. The predicted octanol–water partition coefficient (Wildman–Crippen LogP) is 3.64. The van der Waals surface area contributed by atoms with Crippen LogP contribution in [0.1, 0.15) is 21.5 Å². The van der Waals surface area contributed by atoms with Gasteiger partial charge in [-0.05, 0) is 57.5 Å². The molecule has 0 aromatic heterocycles. The molecular weight excluding hydrogens is 334 g/mol. The number of hydrogen-bond acceptors (Lipinski definition) is 4. The summed E-state index contributed by atoms with van der Waals surface area (Å²) in [5.74, 6) is 0.0413. The van der Waals surface area contributed by atoms with E-state index in [-0.39, 0.29) is 5.78 Å². The van der Waals surface area contributed by atoms with Crippen molar-refractivity contribution >= 4 is 17.5 Å². The van der Waals surface area contributed by atoms with Crippen molar-refractivity contribution in [1.82, 2.24) is 9.80 Å². The van der Waals surface area contributed by atoms with Crippen molar-refractivity contribution < 1.29 is 4.79 Å². The quantitative estimate of drug-likeness (QED) is 0.501.